The Kier molecular flexibility index (Phi) is 3.80. The van der Waals surface area contributed by atoms with E-state index in [0.717, 1.165) is 5.56 Å². The van der Waals surface area contributed by atoms with Gasteiger partial charge in [0.05, 0.1) is 5.02 Å². The first-order valence-corrected chi connectivity index (χ1v) is 5.66. The predicted octanol–water partition coefficient (Wildman–Crippen LogP) is 4.10. The average molecular weight is 245 g/mol. The number of ketones is 1. The number of carbonyl (C=O) groups is 1. The van der Waals surface area contributed by atoms with Crippen molar-refractivity contribution in [2.45, 2.75) is 20.8 Å². The number of halogens is 2. The molecule has 82 valence electrons. The van der Waals surface area contributed by atoms with Crippen molar-refractivity contribution in [3.8, 4) is 0 Å². The summed E-state index contributed by atoms with van der Waals surface area (Å²) in [6.07, 6.45) is 0. The van der Waals surface area contributed by atoms with Crippen LogP contribution in [0.5, 0.6) is 0 Å². The molecule has 0 N–H and O–H groups in total. The van der Waals surface area contributed by atoms with Crippen LogP contribution in [-0.2, 0) is 0 Å². The highest BCUT2D eigenvalue weighted by Crippen LogP contribution is 2.28. The number of hydrogen-bond acceptors (Lipinski definition) is 1. The van der Waals surface area contributed by atoms with Crippen molar-refractivity contribution in [1.82, 2.24) is 0 Å². The van der Waals surface area contributed by atoms with Gasteiger partial charge in [-0.3, -0.25) is 4.79 Å². The third-order valence-corrected chi connectivity index (χ3v) is 3.31. The summed E-state index contributed by atoms with van der Waals surface area (Å²) in [5.41, 5.74) is 1.01. The molecule has 1 aromatic carbocycles. The van der Waals surface area contributed by atoms with Crippen molar-refractivity contribution in [2.75, 3.05) is 5.88 Å². The number of aryl methyl sites for hydroxylation is 1. The van der Waals surface area contributed by atoms with Crippen LogP contribution in [0, 0.1) is 12.3 Å². The maximum Gasteiger partial charge on any atom is 0.171 e. The summed E-state index contributed by atoms with van der Waals surface area (Å²) < 4.78 is 0. The Bertz CT molecular complexity index is 383. The quantitative estimate of drug-likeness (QED) is 0.578. The van der Waals surface area contributed by atoms with E-state index in [2.05, 4.69) is 0 Å². The van der Waals surface area contributed by atoms with E-state index in [1.165, 1.54) is 0 Å². The second kappa shape index (κ2) is 4.54. The lowest BCUT2D eigenvalue weighted by molar-refractivity contribution is 0.0862. The molecule has 0 aliphatic rings. The van der Waals surface area contributed by atoms with E-state index in [1.807, 2.05) is 26.8 Å². The van der Waals surface area contributed by atoms with Crippen molar-refractivity contribution < 1.29 is 4.79 Å². The minimum atomic E-state index is -0.570. The summed E-state index contributed by atoms with van der Waals surface area (Å²) in [7, 11) is 0. The summed E-state index contributed by atoms with van der Waals surface area (Å²) in [6, 6.07) is 5.43. The molecule has 0 saturated carbocycles. The van der Waals surface area contributed by atoms with E-state index in [1.54, 1.807) is 12.1 Å². The van der Waals surface area contributed by atoms with Crippen molar-refractivity contribution >= 4 is 29.0 Å². The van der Waals surface area contributed by atoms with Crippen LogP contribution in [0.1, 0.15) is 29.8 Å². The van der Waals surface area contributed by atoms with Crippen LogP contribution < -0.4 is 0 Å². The minimum absolute atomic E-state index is 0.00815. The summed E-state index contributed by atoms with van der Waals surface area (Å²) in [6.45, 7) is 5.57. The third kappa shape index (κ3) is 2.73. The second-order valence-electron chi connectivity index (χ2n) is 4.33. The Labute approximate surface area is 100 Å². The summed E-state index contributed by atoms with van der Waals surface area (Å²) in [4.78, 5) is 12.1. The molecule has 15 heavy (non-hydrogen) atoms. The molecule has 0 spiro atoms. The summed E-state index contributed by atoms with van der Waals surface area (Å²) in [5, 5.41) is 0.490. The lowest BCUT2D eigenvalue weighted by Crippen LogP contribution is -2.26. The van der Waals surface area contributed by atoms with E-state index >= 15 is 0 Å². The number of rotatable bonds is 3. The van der Waals surface area contributed by atoms with Crippen LogP contribution in [0.3, 0.4) is 0 Å². The van der Waals surface area contributed by atoms with Crippen molar-refractivity contribution in [3.05, 3.63) is 34.3 Å². The summed E-state index contributed by atoms with van der Waals surface area (Å²) in [5.74, 6) is 0.280. The van der Waals surface area contributed by atoms with Gasteiger partial charge in [0.2, 0.25) is 0 Å². The second-order valence-corrected chi connectivity index (χ2v) is 5.00. The molecule has 0 aliphatic carbocycles. The molecule has 1 aromatic rings. The maximum absolute atomic E-state index is 12.1. The standard InChI is InChI=1S/C12H14Cl2O/c1-8-4-5-10(14)9(6-8)11(15)12(2,3)7-13/h4-6H,7H2,1-3H3. The molecule has 0 saturated heterocycles. The zero-order valence-electron chi connectivity index (χ0n) is 9.10. The molecule has 0 heterocycles. The van der Waals surface area contributed by atoms with E-state index in [4.69, 9.17) is 23.2 Å². The molecule has 0 amide bonds. The van der Waals surface area contributed by atoms with E-state index in [-0.39, 0.29) is 11.7 Å². The van der Waals surface area contributed by atoms with Gasteiger partial charge in [0.15, 0.2) is 5.78 Å². The number of hydrogen-bond donors (Lipinski definition) is 0. The molecule has 0 aliphatic heterocycles. The Morgan fingerprint density at radius 2 is 2.00 bits per heavy atom. The molecule has 1 rings (SSSR count). The maximum atomic E-state index is 12.1. The molecule has 0 atom stereocenters. The fourth-order valence-corrected chi connectivity index (χ4v) is 1.56. The van der Waals surface area contributed by atoms with Gasteiger partial charge in [-0.25, -0.2) is 0 Å². The van der Waals surface area contributed by atoms with Crippen molar-refractivity contribution in [1.29, 1.82) is 0 Å². The first-order chi connectivity index (χ1) is 6.88. The highest BCUT2D eigenvalue weighted by Gasteiger charge is 2.29. The fourth-order valence-electron chi connectivity index (χ4n) is 1.24. The molecule has 1 nitrogen and oxygen atoms in total. The fraction of sp³-hybridized carbons (Fsp3) is 0.417. The van der Waals surface area contributed by atoms with Crippen molar-refractivity contribution in [2.24, 2.45) is 5.41 Å². The highest BCUT2D eigenvalue weighted by molar-refractivity contribution is 6.34. The van der Waals surface area contributed by atoms with Gasteiger partial charge >= 0.3 is 0 Å². The van der Waals surface area contributed by atoms with Crippen LogP contribution in [-0.4, -0.2) is 11.7 Å². The first-order valence-electron chi connectivity index (χ1n) is 4.75. The van der Waals surface area contributed by atoms with Crippen LogP contribution in [0.2, 0.25) is 5.02 Å². The first kappa shape index (κ1) is 12.5. The molecule has 0 bridgehead atoms. The molecule has 0 aromatic heterocycles. The zero-order chi connectivity index (χ0) is 11.6. The van der Waals surface area contributed by atoms with E-state index in [9.17, 15) is 4.79 Å². The van der Waals surface area contributed by atoms with Crippen molar-refractivity contribution in [3.63, 3.8) is 0 Å². The number of alkyl halides is 1. The van der Waals surface area contributed by atoms with Gasteiger partial charge in [-0.2, -0.15) is 0 Å². The Morgan fingerprint density at radius 3 is 2.53 bits per heavy atom. The average Bonchev–Trinajstić information content (AvgIpc) is 2.20. The van der Waals surface area contributed by atoms with Crippen LogP contribution in [0.15, 0.2) is 18.2 Å². The molecule has 0 unspecified atom stereocenters. The SMILES string of the molecule is Cc1ccc(Cl)c(C(=O)C(C)(C)CCl)c1. The molecular weight excluding hydrogens is 231 g/mol. The third-order valence-electron chi connectivity index (χ3n) is 2.32. The van der Waals surface area contributed by atoms with Gasteiger partial charge in [-0.15, -0.1) is 11.6 Å². The van der Waals surface area contributed by atoms with Crippen LogP contribution >= 0.6 is 23.2 Å². The van der Waals surface area contributed by atoms with Gasteiger partial charge in [0, 0.05) is 16.9 Å². The lowest BCUT2D eigenvalue weighted by Gasteiger charge is -2.20. The number of benzene rings is 1. The molecule has 3 heteroatoms. The zero-order valence-corrected chi connectivity index (χ0v) is 10.6. The van der Waals surface area contributed by atoms with E-state index in [0.29, 0.717) is 10.6 Å². The Hall–Kier alpha value is -0.530. The van der Waals surface area contributed by atoms with Gasteiger partial charge in [-0.05, 0) is 19.1 Å². The predicted molar refractivity (Wildman–Crippen MR) is 65.0 cm³/mol. The Balaban J connectivity index is 3.17. The lowest BCUT2D eigenvalue weighted by atomic mass is 9.86. The van der Waals surface area contributed by atoms with E-state index < -0.39 is 5.41 Å². The van der Waals surface area contributed by atoms with Gasteiger partial charge in [-0.1, -0.05) is 37.1 Å². The number of carbonyl (C=O) groups excluding carboxylic acids is 1. The van der Waals surface area contributed by atoms with Gasteiger partial charge in [0.25, 0.3) is 0 Å². The number of Topliss-reactive ketones (excluding diaryl/α,β-unsaturated/α-hetero) is 1. The highest BCUT2D eigenvalue weighted by atomic mass is 35.5. The molecule has 0 fully saturated rings. The van der Waals surface area contributed by atoms with Gasteiger partial charge < -0.3 is 0 Å². The minimum Gasteiger partial charge on any atom is -0.293 e. The normalized spacial score (nSPS) is 11.5. The van der Waals surface area contributed by atoms with Gasteiger partial charge in [0.1, 0.15) is 0 Å². The monoisotopic (exact) mass is 244 g/mol. The summed E-state index contributed by atoms with van der Waals surface area (Å²) >= 11 is 11.8. The topological polar surface area (TPSA) is 17.1 Å². The Morgan fingerprint density at radius 1 is 1.40 bits per heavy atom. The van der Waals surface area contributed by atoms with Crippen LogP contribution in [0.25, 0.3) is 0 Å². The largest absolute Gasteiger partial charge is 0.293 e. The smallest absolute Gasteiger partial charge is 0.171 e. The van der Waals surface area contributed by atoms with Crippen LogP contribution in [0.4, 0.5) is 0 Å². The molecular formula is C12H14Cl2O. The molecule has 0 radical (unpaired) electrons.